The standard InChI is InChI=1S/C13H21NO4/c1-5-17-11(15)10-7-13(4,8-14-9(10)3)12(16)18-6-2/h10H,5-8H2,1-4H3. The smallest absolute Gasteiger partial charge is 0.314 e. The van der Waals surface area contributed by atoms with E-state index in [-0.39, 0.29) is 11.9 Å². The SMILES string of the molecule is CCOC(=O)C1CC(C)(C(=O)OCC)CN=C1C. The highest BCUT2D eigenvalue weighted by Gasteiger charge is 2.43. The Morgan fingerprint density at radius 3 is 2.50 bits per heavy atom. The van der Waals surface area contributed by atoms with Gasteiger partial charge in [0.2, 0.25) is 0 Å². The zero-order valence-corrected chi connectivity index (χ0v) is 11.5. The van der Waals surface area contributed by atoms with Crippen LogP contribution in [0.25, 0.3) is 0 Å². The molecule has 0 fully saturated rings. The first-order valence-electron chi connectivity index (χ1n) is 6.29. The molecule has 0 bridgehead atoms. The lowest BCUT2D eigenvalue weighted by atomic mass is 9.77. The van der Waals surface area contributed by atoms with Crippen LogP contribution in [0.5, 0.6) is 0 Å². The van der Waals surface area contributed by atoms with Crippen molar-refractivity contribution in [3.63, 3.8) is 0 Å². The van der Waals surface area contributed by atoms with Crippen molar-refractivity contribution in [1.82, 2.24) is 0 Å². The summed E-state index contributed by atoms with van der Waals surface area (Å²) < 4.78 is 10.1. The Morgan fingerprint density at radius 2 is 1.94 bits per heavy atom. The van der Waals surface area contributed by atoms with Gasteiger partial charge in [-0.3, -0.25) is 14.6 Å². The Bertz CT molecular complexity index is 364. The van der Waals surface area contributed by atoms with E-state index in [1.807, 2.05) is 0 Å². The van der Waals surface area contributed by atoms with Crippen molar-refractivity contribution in [2.24, 2.45) is 16.3 Å². The molecule has 0 amide bonds. The van der Waals surface area contributed by atoms with Gasteiger partial charge in [0.1, 0.15) is 0 Å². The molecule has 0 N–H and O–H groups in total. The highest BCUT2D eigenvalue weighted by atomic mass is 16.5. The molecule has 0 aliphatic carbocycles. The number of ether oxygens (including phenoxy) is 2. The third-order valence-corrected chi connectivity index (χ3v) is 3.18. The summed E-state index contributed by atoms with van der Waals surface area (Å²) in [7, 11) is 0. The normalized spacial score (nSPS) is 27.3. The zero-order chi connectivity index (χ0) is 13.8. The van der Waals surface area contributed by atoms with Crippen molar-refractivity contribution < 1.29 is 19.1 Å². The third-order valence-electron chi connectivity index (χ3n) is 3.18. The second-order valence-electron chi connectivity index (χ2n) is 4.75. The minimum absolute atomic E-state index is 0.296. The maximum Gasteiger partial charge on any atom is 0.314 e. The molecule has 18 heavy (non-hydrogen) atoms. The number of carbonyl (C=O) groups is 2. The zero-order valence-electron chi connectivity index (χ0n) is 11.5. The van der Waals surface area contributed by atoms with E-state index in [9.17, 15) is 9.59 Å². The summed E-state index contributed by atoms with van der Waals surface area (Å²) in [6.07, 6.45) is 0.403. The van der Waals surface area contributed by atoms with Gasteiger partial charge in [-0.1, -0.05) is 0 Å². The molecule has 2 unspecified atom stereocenters. The average molecular weight is 255 g/mol. The molecule has 0 aromatic carbocycles. The lowest BCUT2D eigenvalue weighted by Crippen LogP contribution is -2.42. The molecule has 102 valence electrons. The molecule has 0 spiro atoms. The van der Waals surface area contributed by atoms with Crippen LogP contribution in [0.2, 0.25) is 0 Å². The molecule has 1 rings (SSSR count). The van der Waals surface area contributed by atoms with Crippen LogP contribution in [0.3, 0.4) is 0 Å². The number of carbonyl (C=O) groups excluding carboxylic acids is 2. The number of hydrogen-bond donors (Lipinski definition) is 0. The summed E-state index contributed by atoms with van der Waals surface area (Å²) >= 11 is 0. The highest BCUT2D eigenvalue weighted by Crippen LogP contribution is 2.33. The van der Waals surface area contributed by atoms with Crippen molar-refractivity contribution in [1.29, 1.82) is 0 Å². The maximum absolute atomic E-state index is 11.9. The summed E-state index contributed by atoms with van der Waals surface area (Å²) in [5.41, 5.74) is 0.00247. The van der Waals surface area contributed by atoms with Crippen LogP contribution in [0.4, 0.5) is 0 Å². The summed E-state index contributed by atoms with van der Waals surface area (Å²) in [5.74, 6) is -1.04. The lowest BCUT2D eigenvalue weighted by molar-refractivity contribution is -0.156. The number of hydrogen-bond acceptors (Lipinski definition) is 5. The molecular formula is C13H21NO4. The molecule has 0 radical (unpaired) electrons. The Hall–Kier alpha value is -1.39. The molecule has 5 heteroatoms. The maximum atomic E-state index is 11.9. The molecule has 0 aromatic heterocycles. The van der Waals surface area contributed by atoms with E-state index in [2.05, 4.69) is 4.99 Å². The molecule has 2 atom stereocenters. The molecule has 0 saturated heterocycles. The fourth-order valence-electron chi connectivity index (χ4n) is 2.02. The van der Waals surface area contributed by atoms with E-state index in [0.717, 1.165) is 5.71 Å². The first kappa shape index (κ1) is 14.7. The van der Waals surface area contributed by atoms with Gasteiger partial charge in [-0.15, -0.1) is 0 Å². The number of rotatable bonds is 4. The van der Waals surface area contributed by atoms with Crippen LogP contribution in [0, 0.1) is 11.3 Å². The van der Waals surface area contributed by atoms with Gasteiger partial charge >= 0.3 is 11.9 Å². The van der Waals surface area contributed by atoms with Crippen molar-refractivity contribution in [2.45, 2.75) is 34.1 Å². The highest BCUT2D eigenvalue weighted by molar-refractivity contribution is 6.02. The van der Waals surface area contributed by atoms with Gasteiger partial charge in [0, 0.05) is 5.71 Å². The van der Waals surface area contributed by atoms with Gasteiger partial charge in [0.05, 0.1) is 31.1 Å². The van der Waals surface area contributed by atoms with Crippen LogP contribution in [-0.4, -0.2) is 37.4 Å². The fraction of sp³-hybridized carbons (Fsp3) is 0.769. The first-order chi connectivity index (χ1) is 8.44. The quantitative estimate of drug-likeness (QED) is 0.716. The second kappa shape index (κ2) is 5.98. The van der Waals surface area contributed by atoms with Crippen LogP contribution >= 0.6 is 0 Å². The van der Waals surface area contributed by atoms with Gasteiger partial charge in [-0.2, -0.15) is 0 Å². The molecule has 0 saturated carbocycles. The Morgan fingerprint density at radius 1 is 1.33 bits per heavy atom. The van der Waals surface area contributed by atoms with E-state index in [1.165, 1.54) is 0 Å². The number of esters is 2. The van der Waals surface area contributed by atoms with Crippen molar-refractivity contribution in [2.75, 3.05) is 19.8 Å². The van der Waals surface area contributed by atoms with Crippen LogP contribution < -0.4 is 0 Å². The Balaban J connectivity index is 2.84. The molecule has 0 aromatic rings. The minimum Gasteiger partial charge on any atom is -0.466 e. The number of aliphatic imine (C=N–C) groups is 1. The minimum atomic E-state index is -0.729. The molecular weight excluding hydrogens is 234 g/mol. The first-order valence-corrected chi connectivity index (χ1v) is 6.29. The Labute approximate surface area is 108 Å². The van der Waals surface area contributed by atoms with E-state index in [0.29, 0.717) is 26.2 Å². The average Bonchev–Trinajstić information content (AvgIpc) is 2.33. The van der Waals surface area contributed by atoms with Gasteiger partial charge in [0.25, 0.3) is 0 Å². The van der Waals surface area contributed by atoms with Crippen molar-refractivity contribution >= 4 is 17.7 Å². The topological polar surface area (TPSA) is 65.0 Å². The summed E-state index contributed by atoms with van der Waals surface area (Å²) in [4.78, 5) is 28.0. The lowest BCUT2D eigenvalue weighted by Gasteiger charge is -2.33. The van der Waals surface area contributed by atoms with Crippen LogP contribution in [0.1, 0.15) is 34.1 Å². The second-order valence-corrected chi connectivity index (χ2v) is 4.75. The van der Waals surface area contributed by atoms with E-state index < -0.39 is 11.3 Å². The predicted molar refractivity (Wildman–Crippen MR) is 67.5 cm³/mol. The molecule has 5 nitrogen and oxygen atoms in total. The third kappa shape index (κ3) is 3.09. The summed E-state index contributed by atoms with van der Waals surface area (Å²) in [6, 6.07) is 0. The van der Waals surface area contributed by atoms with Gasteiger partial charge in [-0.05, 0) is 34.1 Å². The largest absolute Gasteiger partial charge is 0.466 e. The van der Waals surface area contributed by atoms with E-state index >= 15 is 0 Å². The Kier molecular flexibility index (Phi) is 4.87. The molecule has 1 heterocycles. The number of nitrogens with zero attached hydrogens (tertiary/aromatic N) is 1. The van der Waals surface area contributed by atoms with Crippen molar-refractivity contribution in [3.05, 3.63) is 0 Å². The van der Waals surface area contributed by atoms with Crippen molar-refractivity contribution in [3.8, 4) is 0 Å². The van der Waals surface area contributed by atoms with Gasteiger partial charge < -0.3 is 9.47 Å². The van der Waals surface area contributed by atoms with Gasteiger partial charge in [-0.25, -0.2) is 0 Å². The monoisotopic (exact) mass is 255 g/mol. The predicted octanol–water partition coefficient (Wildman–Crippen LogP) is 1.60. The van der Waals surface area contributed by atoms with E-state index in [4.69, 9.17) is 9.47 Å². The van der Waals surface area contributed by atoms with Crippen LogP contribution in [0.15, 0.2) is 4.99 Å². The molecule has 1 aliphatic heterocycles. The fourth-order valence-corrected chi connectivity index (χ4v) is 2.02. The summed E-state index contributed by atoms with van der Waals surface area (Å²) in [6.45, 7) is 8.14. The van der Waals surface area contributed by atoms with E-state index in [1.54, 1.807) is 27.7 Å². The summed E-state index contributed by atoms with van der Waals surface area (Å²) in [5, 5.41) is 0. The van der Waals surface area contributed by atoms with Gasteiger partial charge in [0.15, 0.2) is 0 Å². The molecule has 1 aliphatic rings. The van der Waals surface area contributed by atoms with Crippen LogP contribution in [-0.2, 0) is 19.1 Å².